The van der Waals surface area contributed by atoms with Gasteiger partial charge in [-0.2, -0.15) is 0 Å². The van der Waals surface area contributed by atoms with Crippen molar-refractivity contribution in [1.29, 1.82) is 0 Å². The molecule has 0 aromatic carbocycles. The smallest absolute Gasteiger partial charge is 0.0443 e. The van der Waals surface area contributed by atoms with Crippen LogP contribution in [0.2, 0.25) is 0 Å². The Morgan fingerprint density at radius 1 is 1.40 bits per heavy atom. The van der Waals surface area contributed by atoms with Crippen LogP contribution in [0.25, 0.3) is 0 Å². The third-order valence-electron chi connectivity index (χ3n) is 4.79. The van der Waals surface area contributed by atoms with Gasteiger partial charge in [0.1, 0.15) is 0 Å². The molecular formula is C15H26BrN3S. The van der Waals surface area contributed by atoms with E-state index in [0.717, 1.165) is 19.5 Å². The number of nitrogens with two attached hydrogens (primary N) is 1. The lowest BCUT2D eigenvalue weighted by Crippen LogP contribution is -2.62. The first-order valence-electron chi connectivity index (χ1n) is 7.61. The van der Waals surface area contributed by atoms with E-state index in [9.17, 15) is 0 Å². The fraction of sp³-hybridized carbons (Fsp3) is 0.733. The summed E-state index contributed by atoms with van der Waals surface area (Å²) in [6.07, 6.45) is 6.16. The fourth-order valence-corrected chi connectivity index (χ4v) is 5.35. The van der Waals surface area contributed by atoms with E-state index < -0.39 is 0 Å². The van der Waals surface area contributed by atoms with E-state index in [1.807, 2.05) is 11.3 Å². The zero-order valence-electron chi connectivity index (χ0n) is 12.5. The third-order valence-corrected chi connectivity index (χ3v) is 6.74. The Balaban J connectivity index is 2.23. The maximum absolute atomic E-state index is 5.96. The monoisotopic (exact) mass is 359 g/mol. The van der Waals surface area contributed by atoms with Crippen LogP contribution < -0.4 is 11.3 Å². The summed E-state index contributed by atoms with van der Waals surface area (Å²) in [6, 6.07) is 2.45. The molecule has 1 atom stereocenters. The largest absolute Gasteiger partial charge is 0.297 e. The minimum Gasteiger partial charge on any atom is -0.297 e. The van der Waals surface area contributed by atoms with Crippen molar-refractivity contribution in [2.45, 2.75) is 57.5 Å². The van der Waals surface area contributed by atoms with Crippen LogP contribution in [-0.2, 0) is 6.42 Å². The zero-order chi connectivity index (χ0) is 14.6. The minimum absolute atomic E-state index is 0.224. The van der Waals surface area contributed by atoms with Crippen LogP contribution in [-0.4, -0.2) is 29.6 Å². The summed E-state index contributed by atoms with van der Waals surface area (Å²) in [7, 11) is 0. The lowest BCUT2D eigenvalue weighted by atomic mass is 9.84. The van der Waals surface area contributed by atoms with Gasteiger partial charge in [-0.1, -0.05) is 26.7 Å². The second-order valence-electron chi connectivity index (χ2n) is 5.60. The molecule has 1 aromatic rings. The van der Waals surface area contributed by atoms with Gasteiger partial charge in [0.25, 0.3) is 0 Å². The van der Waals surface area contributed by atoms with E-state index in [-0.39, 0.29) is 5.54 Å². The lowest BCUT2D eigenvalue weighted by Gasteiger charge is -2.46. The molecule has 0 spiro atoms. The van der Waals surface area contributed by atoms with Gasteiger partial charge in [-0.25, -0.2) is 0 Å². The van der Waals surface area contributed by atoms with Crippen LogP contribution >= 0.6 is 27.3 Å². The normalized spacial score (nSPS) is 19.6. The fourth-order valence-electron chi connectivity index (χ4n) is 3.79. The van der Waals surface area contributed by atoms with Gasteiger partial charge >= 0.3 is 0 Å². The van der Waals surface area contributed by atoms with Crippen molar-refractivity contribution < 1.29 is 0 Å². The van der Waals surface area contributed by atoms with Crippen LogP contribution in [0.15, 0.2) is 15.9 Å². The number of thiophene rings is 1. The average molecular weight is 360 g/mol. The molecule has 1 saturated carbocycles. The van der Waals surface area contributed by atoms with Gasteiger partial charge in [0, 0.05) is 27.4 Å². The first-order chi connectivity index (χ1) is 9.67. The minimum atomic E-state index is 0.224. The number of hydrogen-bond acceptors (Lipinski definition) is 4. The van der Waals surface area contributed by atoms with Crippen molar-refractivity contribution in [3.8, 4) is 0 Å². The maximum Gasteiger partial charge on any atom is 0.0443 e. The number of likely N-dealkylation sites (N-methyl/N-ethyl adjacent to an activating group) is 1. The topological polar surface area (TPSA) is 41.3 Å². The van der Waals surface area contributed by atoms with Crippen molar-refractivity contribution in [2.75, 3.05) is 13.1 Å². The lowest BCUT2D eigenvalue weighted by molar-refractivity contribution is 0.0632. The molecule has 3 nitrogen and oxygen atoms in total. The molecule has 0 saturated heterocycles. The molecule has 1 aromatic heterocycles. The zero-order valence-corrected chi connectivity index (χ0v) is 14.9. The molecule has 1 fully saturated rings. The van der Waals surface area contributed by atoms with Crippen molar-refractivity contribution in [1.82, 2.24) is 10.3 Å². The second-order valence-corrected chi connectivity index (χ2v) is 7.45. The van der Waals surface area contributed by atoms with Gasteiger partial charge in [-0.05, 0) is 53.3 Å². The number of nitrogens with one attached hydrogen (secondary N) is 1. The van der Waals surface area contributed by atoms with E-state index in [2.05, 4.69) is 51.5 Å². The van der Waals surface area contributed by atoms with Gasteiger partial charge in [0.15, 0.2) is 0 Å². The molecule has 1 aliphatic carbocycles. The molecule has 1 aliphatic rings. The van der Waals surface area contributed by atoms with E-state index in [0.29, 0.717) is 6.04 Å². The third kappa shape index (κ3) is 3.12. The average Bonchev–Trinajstić information content (AvgIpc) is 3.08. The Hall–Kier alpha value is 0.0600. The van der Waals surface area contributed by atoms with E-state index in [1.165, 1.54) is 35.0 Å². The number of hydrazine groups is 1. The predicted molar refractivity (Wildman–Crippen MR) is 91.0 cm³/mol. The molecular weight excluding hydrogens is 334 g/mol. The van der Waals surface area contributed by atoms with E-state index in [4.69, 9.17) is 5.84 Å². The van der Waals surface area contributed by atoms with Gasteiger partial charge < -0.3 is 0 Å². The molecule has 0 bridgehead atoms. The highest BCUT2D eigenvalue weighted by molar-refractivity contribution is 9.10. The molecule has 0 radical (unpaired) electrons. The Kier molecular flexibility index (Phi) is 6.05. The van der Waals surface area contributed by atoms with Gasteiger partial charge in [-0.15, -0.1) is 11.3 Å². The van der Waals surface area contributed by atoms with Crippen LogP contribution in [0.3, 0.4) is 0 Å². The summed E-state index contributed by atoms with van der Waals surface area (Å²) in [5, 5.41) is 2.14. The predicted octanol–water partition coefficient (Wildman–Crippen LogP) is 3.54. The quantitative estimate of drug-likeness (QED) is 0.577. The summed E-state index contributed by atoms with van der Waals surface area (Å²) >= 11 is 5.47. The summed E-state index contributed by atoms with van der Waals surface area (Å²) in [4.78, 5) is 4.01. The summed E-state index contributed by atoms with van der Waals surface area (Å²) in [6.45, 7) is 6.72. The van der Waals surface area contributed by atoms with Gasteiger partial charge in [0.05, 0.1) is 0 Å². The Bertz CT molecular complexity index is 411. The number of hydrogen-bond donors (Lipinski definition) is 2. The van der Waals surface area contributed by atoms with Gasteiger partial charge in [0.2, 0.25) is 0 Å². The van der Waals surface area contributed by atoms with Crippen LogP contribution in [0.1, 0.15) is 44.4 Å². The van der Waals surface area contributed by atoms with Crippen LogP contribution in [0.5, 0.6) is 0 Å². The molecule has 2 rings (SSSR count). The first kappa shape index (κ1) is 16.4. The summed E-state index contributed by atoms with van der Waals surface area (Å²) in [5.74, 6) is 5.96. The molecule has 0 amide bonds. The highest BCUT2D eigenvalue weighted by atomic mass is 79.9. The molecule has 114 valence electrons. The molecule has 3 N–H and O–H groups in total. The van der Waals surface area contributed by atoms with Crippen molar-refractivity contribution in [3.63, 3.8) is 0 Å². The van der Waals surface area contributed by atoms with Crippen LogP contribution in [0, 0.1) is 0 Å². The first-order valence-corrected chi connectivity index (χ1v) is 9.28. The summed E-state index contributed by atoms with van der Waals surface area (Å²) in [5.41, 5.74) is 3.37. The molecule has 1 unspecified atom stereocenters. The van der Waals surface area contributed by atoms with Crippen LogP contribution in [0.4, 0.5) is 0 Å². The highest BCUT2D eigenvalue weighted by Gasteiger charge is 2.44. The van der Waals surface area contributed by atoms with Crippen molar-refractivity contribution in [2.24, 2.45) is 5.84 Å². The second kappa shape index (κ2) is 7.36. The summed E-state index contributed by atoms with van der Waals surface area (Å²) < 4.78 is 1.22. The number of nitrogens with zero attached hydrogens (tertiary/aromatic N) is 1. The number of halogens is 1. The Labute approximate surface area is 135 Å². The maximum atomic E-state index is 5.96. The molecule has 1 heterocycles. The SMILES string of the molecule is CCN(CC)C1(C(Cc2sccc2Br)NN)CCCC1. The molecule has 0 aliphatic heterocycles. The molecule has 20 heavy (non-hydrogen) atoms. The Morgan fingerprint density at radius 3 is 2.50 bits per heavy atom. The Morgan fingerprint density at radius 2 is 2.05 bits per heavy atom. The van der Waals surface area contributed by atoms with E-state index in [1.54, 1.807) is 0 Å². The number of rotatable bonds is 7. The van der Waals surface area contributed by atoms with Crippen molar-refractivity contribution in [3.05, 3.63) is 20.8 Å². The highest BCUT2D eigenvalue weighted by Crippen LogP contribution is 2.40. The van der Waals surface area contributed by atoms with E-state index >= 15 is 0 Å². The van der Waals surface area contributed by atoms with Crippen molar-refractivity contribution >= 4 is 27.3 Å². The molecule has 5 heteroatoms. The van der Waals surface area contributed by atoms with Gasteiger partial charge in [-0.3, -0.25) is 16.2 Å². The standard InChI is InChI=1S/C15H26BrN3S/c1-3-19(4-2)15(8-5-6-9-15)14(18-17)11-13-12(16)7-10-20-13/h7,10,14,18H,3-6,8-9,11,17H2,1-2H3.